The highest BCUT2D eigenvalue weighted by molar-refractivity contribution is 7.99. The van der Waals surface area contributed by atoms with Crippen molar-refractivity contribution in [3.63, 3.8) is 0 Å². The summed E-state index contributed by atoms with van der Waals surface area (Å²) in [4.78, 5) is 25.5. The van der Waals surface area contributed by atoms with Gasteiger partial charge in [-0.1, -0.05) is 19.1 Å². The summed E-state index contributed by atoms with van der Waals surface area (Å²) in [5, 5.41) is 9.13. The van der Waals surface area contributed by atoms with E-state index in [4.69, 9.17) is 5.11 Å². The highest BCUT2D eigenvalue weighted by atomic mass is 32.2. The van der Waals surface area contributed by atoms with Crippen molar-refractivity contribution in [2.75, 3.05) is 18.8 Å². The fraction of sp³-hybridized carbons (Fsp3) is 0.500. The monoisotopic (exact) mass is 325 g/mol. The fourth-order valence-corrected chi connectivity index (χ4v) is 3.58. The van der Waals surface area contributed by atoms with Crippen LogP contribution in [0.4, 0.5) is 4.39 Å². The molecule has 0 saturated carbocycles. The van der Waals surface area contributed by atoms with Crippen LogP contribution in [0, 0.1) is 17.7 Å². The van der Waals surface area contributed by atoms with Crippen molar-refractivity contribution in [3.05, 3.63) is 30.1 Å². The van der Waals surface area contributed by atoms with E-state index in [1.54, 1.807) is 23.1 Å². The van der Waals surface area contributed by atoms with Gasteiger partial charge in [0.05, 0.1) is 5.92 Å². The standard InChI is InChI=1S/C16H20FNO3S/c1-11-8-12(16(20)21)10-18(9-11)15(19)6-7-22-14-5-3-2-4-13(14)17/h2-5,11-12H,6-10H2,1H3,(H,20,21). The van der Waals surface area contributed by atoms with Gasteiger partial charge in [0.25, 0.3) is 0 Å². The Hall–Kier alpha value is -1.56. The van der Waals surface area contributed by atoms with Crippen molar-refractivity contribution in [1.82, 2.24) is 4.90 Å². The second kappa shape index (κ2) is 7.63. The molecule has 1 amide bonds. The zero-order valence-electron chi connectivity index (χ0n) is 12.5. The van der Waals surface area contributed by atoms with Gasteiger partial charge in [-0.15, -0.1) is 11.8 Å². The molecule has 1 aliphatic rings. The molecule has 22 heavy (non-hydrogen) atoms. The molecule has 1 fully saturated rings. The molecule has 6 heteroatoms. The number of carboxylic acids is 1. The van der Waals surface area contributed by atoms with Gasteiger partial charge in [-0.05, 0) is 24.5 Å². The molecule has 1 heterocycles. The molecule has 1 aromatic rings. The van der Waals surface area contributed by atoms with Crippen LogP contribution in [-0.2, 0) is 9.59 Å². The van der Waals surface area contributed by atoms with Gasteiger partial charge in [-0.3, -0.25) is 9.59 Å². The molecule has 0 spiro atoms. The van der Waals surface area contributed by atoms with E-state index in [0.29, 0.717) is 23.6 Å². The van der Waals surface area contributed by atoms with Crippen LogP contribution in [0.2, 0.25) is 0 Å². The molecular formula is C16H20FNO3S. The number of rotatable bonds is 5. The SMILES string of the molecule is CC1CC(C(=O)O)CN(C(=O)CCSc2ccccc2F)C1. The lowest BCUT2D eigenvalue weighted by atomic mass is 9.90. The first-order chi connectivity index (χ1) is 10.5. The van der Waals surface area contributed by atoms with Crippen LogP contribution >= 0.6 is 11.8 Å². The molecule has 0 bridgehead atoms. The lowest BCUT2D eigenvalue weighted by Crippen LogP contribution is -2.45. The summed E-state index contributed by atoms with van der Waals surface area (Å²) in [5.74, 6) is -0.975. The Labute approximate surface area is 133 Å². The molecule has 1 aromatic carbocycles. The number of carbonyl (C=O) groups is 2. The zero-order chi connectivity index (χ0) is 16.1. The van der Waals surface area contributed by atoms with E-state index in [1.807, 2.05) is 6.92 Å². The number of halogens is 1. The Morgan fingerprint density at radius 1 is 1.36 bits per heavy atom. The van der Waals surface area contributed by atoms with Gasteiger partial charge in [0, 0.05) is 30.2 Å². The summed E-state index contributed by atoms with van der Waals surface area (Å²) >= 11 is 1.31. The number of likely N-dealkylation sites (tertiary alicyclic amines) is 1. The number of amides is 1. The maximum Gasteiger partial charge on any atom is 0.308 e. The number of nitrogens with zero attached hydrogens (tertiary/aromatic N) is 1. The number of carbonyl (C=O) groups excluding carboxylic acids is 1. The summed E-state index contributed by atoms with van der Waals surface area (Å²) in [6, 6.07) is 6.48. The van der Waals surface area contributed by atoms with Crippen molar-refractivity contribution in [2.24, 2.45) is 11.8 Å². The molecule has 2 unspecified atom stereocenters. The van der Waals surface area contributed by atoms with Crippen LogP contribution in [0.15, 0.2) is 29.2 Å². The molecule has 2 rings (SSSR count). The molecule has 1 N–H and O–H groups in total. The van der Waals surface area contributed by atoms with Crippen LogP contribution < -0.4 is 0 Å². The lowest BCUT2D eigenvalue weighted by molar-refractivity contribution is -0.146. The van der Waals surface area contributed by atoms with Gasteiger partial charge in [0.2, 0.25) is 5.91 Å². The maximum absolute atomic E-state index is 13.5. The fourth-order valence-electron chi connectivity index (χ4n) is 2.70. The molecule has 0 radical (unpaired) electrons. The van der Waals surface area contributed by atoms with E-state index in [2.05, 4.69) is 0 Å². The van der Waals surface area contributed by atoms with Gasteiger partial charge in [0.15, 0.2) is 0 Å². The van der Waals surface area contributed by atoms with E-state index >= 15 is 0 Å². The number of carboxylic acid groups (broad SMARTS) is 1. The van der Waals surface area contributed by atoms with Crippen molar-refractivity contribution >= 4 is 23.6 Å². The second-order valence-corrected chi connectivity index (χ2v) is 6.84. The largest absolute Gasteiger partial charge is 0.481 e. The average molecular weight is 325 g/mol. The van der Waals surface area contributed by atoms with E-state index in [-0.39, 0.29) is 30.6 Å². The third-order valence-electron chi connectivity index (χ3n) is 3.77. The molecule has 0 aromatic heterocycles. The number of hydrogen-bond acceptors (Lipinski definition) is 3. The average Bonchev–Trinajstić information content (AvgIpc) is 2.48. The number of benzene rings is 1. The summed E-state index contributed by atoms with van der Waals surface area (Å²) in [6.45, 7) is 2.85. The Morgan fingerprint density at radius 2 is 2.09 bits per heavy atom. The third-order valence-corrected chi connectivity index (χ3v) is 4.82. The summed E-state index contributed by atoms with van der Waals surface area (Å²) in [5.41, 5.74) is 0. The third kappa shape index (κ3) is 4.47. The maximum atomic E-state index is 13.5. The predicted octanol–water partition coefficient (Wildman–Crippen LogP) is 2.88. The first-order valence-electron chi connectivity index (χ1n) is 7.35. The zero-order valence-corrected chi connectivity index (χ0v) is 13.3. The summed E-state index contributed by atoms with van der Waals surface area (Å²) in [7, 11) is 0. The number of thioether (sulfide) groups is 1. The molecule has 1 aliphatic heterocycles. The predicted molar refractivity (Wildman–Crippen MR) is 83.2 cm³/mol. The van der Waals surface area contributed by atoms with Crippen molar-refractivity contribution in [3.8, 4) is 0 Å². The van der Waals surface area contributed by atoms with Gasteiger partial charge in [-0.25, -0.2) is 4.39 Å². The van der Waals surface area contributed by atoms with Crippen LogP contribution in [0.5, 0.6) is 0 Å². The van der Waals surface area contributed by atoms with Gasteiger partial charge >= 0.3 is 5.97 Å². The molecule has 0 aliphatic carbocycles. The molecule has 4 nitrogen and oxygen atoms in total. The number of aliphatic carboxylic acids is 1. The van der Waals surface area contributed by atoms with E-state index in [9.17, 15) is 14.0 Å². The van der Waals surface area contributed by atoms with Gasteiger partial charge in [0.1, 0.15) is 5.82 Å². The van der Waals surface area contributed by atoms with Gasteiger partial charge in [-0.2, -0.15) is 0 Å². The number of piperidine rings is 1. The Balaban J connectivity index is 1.84. The Morgan fingerprint density at radius 3 is 2.77 bits per heavy atom. The normalized spacial score (nSPS) is 21.6. The second-order valence-electron chi connectivity index (χ2n) is 5.70. The minimum Gasteiger partial charge on any atom is -0.481 e. The topological polar surface area (TPSA) is 57.6 Å². The molecular weight excluding hydrogens is 305 g/mol. The smallest absolute Gasteiger partial charge is 0.308 e. The first-order valence-corrected chi connectivity index (χ1v) is 8.34. The lowest BCUT2D eigenvalue weighted by Gasteiger charge is -2.34. The van der Waals surface area contributed by atoms with Crippen LogP contribution in [0.3, 0.4) is 0 Å². The van der Waals surface area contributed by atoms with Crippen molar-refractivity contribution in [1.29, 1.82) is 0 Å². The summed E-state index contributed by atoms with van der Waals surface area (Å²) < 4.78 is 13.5. The molecule has 2 atom stereocenters. The minimum absolute atomic E-state index is 0.0540. The molecule has 120 valence electrons. The van der Waals surface area contributed by atoms with Crippen LogP contribution in [0.1, 0.15) is 19.8 Å². The van der Waals surface area contributed by atoms with Crippen LogP contribution in [-0.4, -0.2) is 40.7 Å². The summed E-state index contributed by atoms with van der Waals surface area (Å²) in [6.07, 6.45) is 0.904. The van der Waals surface area contributed by atoms with Crippen molar-refractivity contribution < 1.29 is 19.1 Å². The molecule has 1 saturated heterocycles. The first kappa shape index (κ1) is 16.8. The Bertz CT molecular complexity index is 552. The van der Waals surface area contributed by atoms with E-state index in [0.717, 1.165) is 0 Å². The van der Waals surface area contributed by atoms with E-state index < -0.39 is 11.9 Å². The minimum atomic E-state index is -0.843. The van der Waals surface area contributed by atoms with Gasteiger partial charge < -0.3 is 10.0 Å². The Kier molecular flexibility index (Phi) is 5.83. The van der Waals surface area contributed by atoms with Crippen molar-refractivity contribution in [2.45, 2.75) is 24.7 Å². The number of hydrogen-bond donors (Lipinski definition) is 1. The van der Waals surface area contributed by atoms with Crippen LogP contribution in [0.25, 0.3) is 0 Å². The highest BCUT2D eigenvalue weighted by Gasteiger charge is 2.31. The van der Waals surface area contributed by atoms with E-state index in [1.165, 1.54) is 17.8 Å². The quantitative estimate of drug-likeness (QED) is 0.846. The highest BCUT2D eigenvalue weighted by Crippen LogP contribution is 2.25.